The predicted octanol–water partition coefficient (Wildman–Crippen LogP) is 4.26. The Kier molecular flexibility index (Phi) is 6.65. The van der Waals surface area contributed by atoms with Crippen LogP contribution in [0.5, 0.6) is 5.75 Å². The standard InChI is InChI=1S/C28H26F3N7O3/c1-16-15-37(11-12-38(16)22-13-23(39)36(2)21-10-7-19(14-32)33-24(21)22)25(27-34-26(35-41-27)18-3-4-18)17-5-8-20(9-6-17)40-28(29,30)31/h5-10,13,16,18,25H,3-4,11-12,15H2,1-2H3/t16-,25?/m0/s1. The van der Waals surface area contributed by atoms with Gasteiger partial charge < -0.3 is 18.7 Å². The fraction of sp³-hybridized carbons (Fsp3) is 0.393. The van der Waals surface area contributed by atoms with Gasteiger partial charge in [0.05, 0.1) is 11.2 Å². The van der Waals surface area contributed by atoms with Gasteiger partial charge >= 0.3 is 6.36 Å². The predicted molar refractivity (Wildman–Crippen MR) is 141 cm³/mol. The molecule has 0 amide bonds. The van der Waals surface area contributed by atoms with Gasteiger partial charge in [-0.2, -0.15) is 10.2 Å². The third-order valence-corrected chi connectivity index (χ3v) is 7.58. The summed E-state index contributed by atoms with van der Waals surface area (Å²) in [6.07, 6.45) is -2.80. The monoisotopic (exact) mass is 565 g/mol. The van der Waals surface area contributed by atoms with Crippen LogP contribution in [0.3, 0.4) is 0 Å². The largest absolute Gasteiger partial charge is 0.573 e. The lowest BCUT2D eigenvalue weighted by atomic mass is 10.0. The second kappa shape index (κ2) is 10.2. The molecule has 1 saturated heterocycles. The van der Waals surface area contributed by atoms with Gasteiger partial charge in [0.2, 0.25) is 5.89 Å². The number of pyridine rings is 2. The number of alkyl halides is 3. The highest BCUT2D eigenvalue weighted by atomic mass is 19.4. The SMILES string of the molecule is C[C@H]1CN(C(c2ccc(OC(F)(F)F)cc2)c2nc(C3CC3)no2)CCN1c1cc(=O)n(C)c2ccc(C#N)nc12. The molecule has 4 aromatic rings. The van der Waals surface area contributed by atoms with Crippen molar-refractivity contribution < 1.29 is 22.4 Å². The van der Waals surface area contributed by atoms with Crippen molar-refractivity contribution in [2.24, 2.45) is 7.05 Å². The molecule has 212 valence electrons. The van der Waals surface area contributed by atoms with Gasteiger partial charge in [-0.25, -0.2) is 4.98 Å². The van der Waals surface area contributed by atoms with E-state index in [1.54, 1.807) is 37.4 Å². The lowest BCUT2D eigenvalue weighted by Gasteiger charge is -2.43. The maximum Gasteiger partial charge on any atom is 0.573 e. The van der Waals surface area contributed by atoms with Crippen LogP contribution in [-0.2, 0) is 7.05 Å². The number of rotatable bonds is 6. The molecule has 3 aromatic heterocycles. The van der Waals surface area contributed by atoms with Gasteiger partial charge in [-0.1, -0.05) is 17.3 Å². The van der Waals surface area contributed by atoms with E-state index in [9.17, 15) is 23.2 Å². The second-order valence-electron chi connectivity index (χ2n) is 10.4. The molecule has 2 fully saturated rings. The minimum absolute atomic E-state index is 0.104. The molecule has 1 aliphatic carbocycles. The van der Waals surface area contributed by atoms with Crippen molar-refractivity contribution in [3.8, 4) is 11.8 Å². The second-order valence-corrected chi connectivity index (χ2v) is 10.4. The van der Waals surface area contributed by atoms with Crippen LogP contribution in [0, 0.1) is 11.3 Å². The first-order valence-corrected chi connectivity index (χ1v) is 13.2. The Bertz CT molecular complexity index is 1690. The minimum atomic E-state index is -4.79. The van der Waals surface area contributed by atoms with Crippen LogP contribution in [0.1, 0.15) is 54.7 Å². The van der Waals surface area contributed by atoms with E-state index in [4.69, 9.17) is 4.52 Å². The van der Waals surface area contributed by atoms with Crippen LogP contribution >= 0.6 is 0 Å². The maximum absolute atomic E-state index is 12.8. The number of anilines is 1. The first-order chi connectivity index (χ1) is 19.6. The lowest BCUT2D eigenvalue weighted by molar-refractivity contribution is -0.274. The van der Waals surface area contributed by atoms with Crippen molar-refractivity contribution in [3.05, 3.63) is 75.8 Å². The van der Waals surface area contributed by atoms with E-state index in [0.29, 0.717) is 53.6 Å². The molecule has 1 aliphatic heterocycles. The number of benzene rings is 1. The summed E-state index contributed by atoms with van der Waals surface area (Å²) in [4.78, 5) is 26.2. The maximum atomic E-state index is 12.8. The summed E-state index contributed by atoms with van der Waals surface area (Å²) in [5, 5.41) is 13.6. The number of hydrogen-bond donors (Lipinski definition) is 0. The zero-order chi connectivity index (χ0) is 28.9. The Morgan fingerprint density at radius 1 is 1.12 bits per heavy atom. The third kappa shape index (κ3) is 5.35. The molecule has 2 atom stereocenters. The summed E-state index contributed by atoms with van der Waals surface area (Å²) < 4.78 is 49.5. The number of nitrogens with zero attached hydrogens (tertiary/aromatic N) is 7. The third-order valence-electron chi connectivity index (χ3n) is 7.58. The molecule has 10 nitrogen and oxygen atoms in total. The lowest BCUT2D eigenvalue weighted by Crippen LogP contribution is -2.53. The van der Waals surface area contributed by atoms with E-state index >= 15 is 0 Å². The van der Waals surface area contributed by atoms with Crippen molar-refractivity contribution >= 4 is 16.7 Å². The van der Waals surface area contributed by atoms with Gasteiger partial charge in [-0.15, -0.1) is 13.2 Å². The van der Waals surface area contributed by atoms with E-state index in [2.05, 4.69) is 35.7 Å². The molecule has 4 heterocycles. The fourth-order valence-electron chi connectivity index (χ4n) is 5.40. The topological polar surface area (TPSA) is 113 Å². The summed E-state index contributed by atoms with van der Waals surface area (Å²) >= 11 is 0. The highest BCUT2D eigenvalue weighted by molar-refractivity contribution is 5.89. The molecule has 0 N–H and O–H groups in total. The first kappa shape index (κ1) is 26.8. The van der Waals surface area contributed by atoms with Crippen molar-refractivity contribution in [2.75, 3.05) is 24.5 Å². The van der Waals surface area contributed by atoms with Crippen molar-refractivity contribution in [1.29, 1.82) is 5.26 Å². The van der Waals surface area contributed by atoms with Gasteiger partial charge in [-0.05, 0) is 49.6 Å². The number of aryl methyl sites for hydroxylation is 1. The van der Waals surface area contributed by atoms with Crippen LogP contribution < -0.4 is 15.2 Å². The Morgan fingerprint density at radius 2 is 1.88 bits per heavy atom. The summed E-state index contributed by atoms with van der Waals surface area (Å²) in [6, 6.07) is 12.0. The van der Waals surface area contributed by atoms with Crippen molar-refractivity contribution in [3.63, 3.8) is 0 Å². The molecule has 0 radical (unpaired) electrons. The van der Waals surface area contributed by atoms with Crippen LogP contribution in [0.25, 0.3) is 11.0 Å². The van der Waals surface area contributed by atoms with Crippen LogP contribution in [0.2, 0.25) is 0 Å². The van der Waals surface area contributed by atoms with Crippen LogP contribution in [0.4, 0.5) is 18.9 Å². The molecule has 13 heteroatoms. The van der Waals surface area contributed by atoms with Crippen molar-refractivity contribution in [1.82, 2.24) is 24.6 Å². The highest BCUT2D eigenvalue weighted by Crippen LogP contribution is 2.40. The summed E-state index contributed by atoms with van der Waals surface area (Å²) in [5.41, 5.74) is 2.58. The molecular formula is C28H26F3N7O3. The van der Waals surface area contributed by atoms with E-state index in [1.165, 1.54) is 16.7 Å². The normalized spacial score (nSPS) is 18.8. The smallest absolute Gasteiger partial charge is 0.406 e. The van der Waals surface area contributed by atoms with Gasteiger partial charge in [0.25, 0.3) is 5.56 Å². The van der Waals surface area contributed by atoms with Crippen LogP contribution in [0.15, 0.2) is 51.8 Å². The molecule has 2 aliphatic rings. The van der Waals surface area contributed by atoms with E-state index in [1.807, 2.05) is 6.92 Å². The number of halogens is 3. The Balaban J connectivity index is 1.32. The van der Waals surface area contributed by atoms with Crippen molar-refractivity contribution in [2.45, 2.75) is 44.1 Å². The van der Waals surface area contributed by atoms with E-state index < -0.39 is 12.4 Å². The molecule has 1 unspecified atom stereocenters. The minimum Gasteiger partial charge on any atom is -0.406 e. The molecule has 41 heavy (non-hydrogen) atoms. The molecule has 1 aromatic carbocycles. The van der Waals surface area contributed by atoms with Gasteiger partial charge in [0.1, 0.15) is 29.1 Å². The Labute approximate surface area is 232 Å². The highest BCUT2D eigenvalue weighted by Gasteiger charge is 2.37. The average Bonchev–Trinajstić information content (AvgIpc) is 3.68. The fourth-order valence-corrected chi connectivity index (χ4v) is 5.40. The molecular weight excluding hydrogens is 539 g/mol. The average molecular weight is 566 g/mol. The van der Waals surface area contributed by atoms with E-state index in [-0.39, 0.29) is 29.0 Å². The Morgan fingerprint density at radius 3 is 2.54 bits per heavy atom. The number of hydrogen-bond acceptors (Lipinski definition) is 9. The zero-order valence-electron chi connectivity index (χ0n) is 22.3. The molecule has 1 saturated carbocycles. The summed E-state index contributed by atoms with van der Waals surface area (Å²) in [5.74, 6) is 0.964. The number of piperazine rings is 1. The van der Waals surface area contributed by atoms with Gasteiger partial charge in [0.15, 0.2) is 5.82 Å². The molecule has 6 rings (SSSR count). The zero-order valence-corrected chi connectivity index (χ0v) is 22.3. The summed E-state index contributed by atoms with van der Waals surface area (Å²) in [7, 11) is 1.67. The first-order valence-electron chi connectivity index (χ1n) is 13.2. The molecule has 0 spiro atoms. The van der Waals surface area contributed by atoms with Gasteiger partial charge in [0, 0.05) is 44.7 Å². The van der Waals surface area contributed by atoms with E-state index in [0.717, 1.165) is 12.8 Å². The number of ether oxygens (including phenoxy) is 1. The molecule has 0 bridgehead atoms. The van der Waals surface area contributed by atoms with Gasteiger partial charge in [-0.3, -0.25) is 9.69 Å². The number of aromatic nitrogens is 4. The Hall–Kier alpha value is -4.44. The number of nitriles is 1. The quantitative estimate of drug-likeness (QED) is 0.338. The van der Waals surface area contributed by atoms with Crippen LogP contribution in [-0.4, -0.2) is 56.6 Å². The number of fused-ring (bicyclic) bond motifs is 1. The summed E-state index contributed by atoms with van der Waals surface area (Å²) in [6.45, 7) is 3.56.